The van der Waals surface area contributed by atoms with Crippen LogP contribution in [0.15, 0.2) is 59.5 Å². The van der Waals surface area contributed by atoms with Gasteiger partial charge in [-0.05, 0) is 42.0 Å². The Hall–Kier alpha value is -3.35. The minimum absolute atomic E-state index is 0.0418. The zero-order chi connectivity index (χ0) is 25.5. The van der Waals surface area contributed by atoms with Crippen LogP contribution in [0.4, 0.5) is 40.8 Å². The minimum atomic E-state index is -5.36. The number of methoxy groups -OCH3 is 1. The molecule has 3 rings (SSSR count). The molecular weight excluding hydrogens is 498 g/mol. The second kappa shape index (κ2) is 8.78. The Labute approximate surface area is 187 Å². The Balaban J connectivity index is 2.35. The van der Waals surface area contributed by atoms with E-state index < -0.39 is 66.9 Å². The van der Waals surface area contributed by atoms with Crippen molar-refractivity contribution in [2.24, 2.45) is 0 Å². The van der Waals surface area contributed by atoms with Crippen LogP contribution in [-0.2, 0) is 22.4 Å². The van der Waals surface area contributed by atoms with Gasteiger partial charge in [0.1, 0.15) is 5.75 Å². The lowest BCUT2D eigenvalue weighted by atomic mass is 9.97. The molecule has 0 aliphatic heterocycles. The molecule has 0 heterocycles. The number of sulfonamides is 1. The molecule has 0 saturated heterocycles. The van der Waals surface area contributed by atoms with Gasteiger partial charge < -0.3 is 4.74 Å². The number of nitrogens with one attached hydrogen (secondary N) is 1. The van der Waals surface area contributed by atoms with Crippen molar-refractivity contribution in [3.63, 3.8) is 0 Å². The lowest BCUT2D eigenvalue weighted by molar-refractivity contribution is -0.145. The highest BCUT2D eigenvalue weighted by atomic mass is 32.2. The fraction of sp³-hybridized carbons (Fsp3) is 0.143. The minimum Gasteiger partial charge on any atom is -0.495 e. The second-order valence-corrected chi connectivity index (χ2v) is 8.48. The van der Waals surface area contributed by atoms with Crippen LogP contribution in [0.25, 0.3) is 11.1 Å². The lowest BCUT2D eigenvalue weighted by Gasteiger charge is -2.20. The van der Waals surface area contributed by atoms with E-state index in [4.69, 9.17) is 0 Å². The van der Waals surface area contributed by atoms with E-state index in [1.54, 1.807) is 0 Å². The number of ether oxygens (including phenoxy) is 1. The largest absolute Gasteiger partial charge is 0.495 e. The molecule has 0 saturated carbocycles. The highest BCUT2D eigenvalue weighted by molar-refractivity contribution is 7.92. The van der Waals surface area contributed by atoms with Crippen LogP contribution in [-0.4, -0.2) is 15.5 Å². The number of hydrogen-bond acceptors (Lipinski definition) is 3. The van der Waals surface area contributed by atoms with Gasteiger partial charge in [-0.3, -0.25) is 4.72 Å². The summed E-state index contributed by atoms with van der Waals surface area (Å²) in [5.41, 5.74) is -5.72. The number of benzene rings is 3. The highest BCUT2D eigenvalue weighted by Gasteiger charge is 2.43. The first-order chi connectivity index (χ1) is 15.6. The molecule has 13 heteroatoms. The van der Waals surface area contributed by atoms with Crippen molar-refractivity contribution in [2.75, 3.05) is 11.8 Å². The van der Waals surface area contributed by atoms with Gasteiger partial charge in [-0.15, -0.1) is 0 Å². The standard InChI is InChI=1S/C21H13F8NO3S/c1-33-19-14(20(24,25)26)7-11(8-15(19)21(27,28)29)13-9-16(22)17(23)10-18(13)34(31,32)30-12-5-3-2-4-6-12/h2-10,30H,1H3. The summed E-state index contributed by atoms with van der Waals surface area (Å²) in [6.07, 6.45) is -10.7. The normalized spacial score (nSPS) is 12.5. The summed E-state index contributed by atoms with van der Waals surface area (Å²) in [6, 6.07) is 7.68. The Morgan fingerprint density at radius 1 is 0.794 bits per heavy atom. The van der Waals surface area contributed by atoms with Crippen LogP contribution >= 0.6 is 0 Å². The van der Waals surface area contributed by atoms with Crippen LogP contribution in [0, 0.1) is 11.6 Å². The smallest absolute Gasteiger partial charge is 0.420 e. The number of hydrogen-bond donors (Lipinski definition) is 1. The van der Waals surface area contributed by atoms with E-state index in [-0.39, 0.29) is 30.0 Å². The van der Waals surface area contributed by atoms with Gasteiger partial charge in [-0.1, -0.05) is 18.2 Å². The van der Waals surface area contributed by atoms with Crippen LogP contribution in [0.1, 0.15) is 11.1 Å². The molecule has 34 heavy (non-hydrogen) atoms. The topological polar surface area (TPSA) is 55.4 Å². The third-order valence-electron chi connectivity index (χ3n) is 4.55. The summed E-state index contributed by atoms with van der Waals surface area (Å²) < 4.78 is 141. The molecule has 0 unspecified atom stereocenters. The fourth-order valence-corrected chi connectivity index (χ4v) is 4.40. The van der Waals surface area contributed by atoms with Gasteiger partial charge in [0.05, 0.1) is 23.1 Å². The van der Waals surface area contributed by atoms with Crippen molar-refractivity contribution in [1.29, 1.82) is 0 Å². The summed E-state index contributed by atoms with van der Waals surface area (Å²) in [7, 11) is -4.20. The van der Waals surface area contributed by atoms with E-state index in [0.29, 0.717) is 7.11 Å². The van der Waals surface area contributed by atoms with Crippen molar-refractivity contribution in [1.82, 2.24) is 0 Å². The molecule has 0 bridgehead atoms. The molecule has 0 fully saturated rings. The average molecular weight is 511 g/mol. The van der Waals surface area contributed by atoms with Gasteiger partial charge in [0, 0.05) is 11.3 Å². The Kier molecular flexibility index (Phi) is 6.53. The van der Waals surface area contributed by atoms with Gasteiger partial charge in [-0.25, -0.2) is 17.2 Å². The molecule has 0 aliphatic carbocycles. The van der Waals surface area contributed by atoms with Crippen LogP contribution in [0.2, 0.25) is 0 Å². The van der Waals surface area contributed by atoms with E-state index in [9.17, 15) is 43.5 Å². The molecule has 1 N–H and O–H groups in total. The second-order valence-electron chi connectivity index (χ2n) is 6.83. The SMILES string of the molecule is COc1c(C(F)(F)F)cc(-c2cc(F)c(F)cc2S(=O)(=O)Nc2ccccc2)cc1C(F)(F)F. The number of anilines is 1. The summed E-state index contributed by atoms with van der Waals surface area (Å²) in [6.45, 7) is 0. The molecule has 0 atom stereocenters. The Bertz CT molecular complexity index is 1290. The Morgan fingerprint density at radius 2 is 1.29 bits per heavy atom. The maximum Gasteiger partial charge on any atom is 0.420 e. The number of halogens is 8. The molecule has 0 aliphatic rings. The van der Waals surface area contributed by atoms with E-state index in [2.05, 4.69) is 4.74 Å². The zero-order valence-electron chi connectivity index (χ0n) is 16.9. The molecule has 0 radical (unpaired) electrons. The van der Waals surface area contributed by atoms with E-state index in [1.807, 2.05) is 4.72 Å². The van der Waals surface area contributed by atoms with Gasteiger partial charge in [0.15, 0.2) is 11.6 Å². The summed E-state index contributed by atoms with van der Waals surface area (Å²) in [4.78, 5) is -1.08. The lowest BCUT2D eigenvalue weighted by Crippen LogP contribution is -2.16. The summed E-state index contributed by atoms with van der Waals surface area (Å²) in [5, 5.41) is 0. The average Bonchev–Trinajstić information content (AvgIpc) is 2.73. The maximum absolute atomic E-state index is 14.0. The molecule has 0 amide bonds. The molecule has 0 aromatic heterocycles. The fourth-order valence-electron chi connectivity index (χ4n) is 3.12. The highest BCUT2D eigenvalue weighted by Crippen LogP contribution is 2.47. The van der Waals surface area contributed by atoms with Gasteiger partial charge in [0.2, 0.25) is 0 Å². The van der Waals surface area contributed by atoms with Crippen molar-refractivity contribution in [3.05, 3.63) is 77.4 Å². The van der Waals surface area contributed by atoms with Crippen molar-refractivity contribution >= 4 is 15.7 Å². The molecule has 182 valence electrons. The third-order valence-corrected chi connectivity index (χ3v) is 5.97. The number of alkyl halides is 6. The van der Waals surface area contributed by atoms with E-state index >= 15 is 0 Å². The summed E-state index contributed by atoms with van der Waals surface area (Å²) >= 11 is 0. The predicted molar refractivity (Wildman–Crippen MR) is 106 cm³/mol. The van der Waals surface area contributed by atoms with Gasteiger partial charge in [0.25, 0.3) is 10.0 Å². The quantitative estimate of drug-likeness (QED) is 0.399. The van der Waals surface area contributed by atoms with Crippen LogP contribution < -0.4 is 9.46 Å². The molecule has 3 aromatic rings. The zero-order valence-corrected chi connectivity index (χ0v) is 17.7. The predicted octanol–water partition coefficient (Wildman–Crippen LogP) is 6.48. The third kappa shape index (κ3) is 5.08. The first-order valence-electron chi connectivity index (χ1n) is 9.09. The summed E-state index contributed by atoms with van der Waals surface area (Å²) in [5.74, 6) is -4.93. The first-order valence-corrected chi connectivity index (χ1v) is 10.6. The van der Waals surface area contributed by atoms with Crippen molar-refractivity contribution < 1.29 is 48.3 Å². The number of rotatable bonds is 5. The van der Waals surface area contributed by atoms with Crippen LogP contribution in [0.5, 0.6) is 5.75 Å². The molecule has 3 aromatic carbocycles. The molecule has 0 spiro atoms. The monoisotopic (exact) mass is 511 g/mol. The van der Waals surface area contributed by atoms with E-state index in [0.717, 1.165) is 0 Å². The van der Waals surface area contributed by atoms with E-state index in [1.165, 1.54) is 30.3 Å². The molecular formula is C21H13F8NO3S. The van der Waals surface area contributed by atoms with Crippen molar-refractivity contribution in [2.45, 2.75) is 17.2 Å². The first kappa shape index (κ1) is 25.3. The van der Waals surface area contributed by atoms with Gasteiger partial charge >= 0.3 is 12.4 Å². The Morgan fingerprint density at radius 3 is 1.76 bits per heavy atom. The number of para-hydroxylation sites is 1. The van der Waals surface area contributed by atoms with Gasteiger partial charge in [-0.2, -0.15) is 26.3 Å². The van der Waals surface area contributed by atoms with Crippen molar-refractivity contribution in [3.8, 4) is 16.9 Å². The maximum atomic E-state index is 14.0. The molecule has 4 nitrogen and oxygen atoms in total. The van der Waals surface area contributed by atoms with Crippen LogP contribution in [0.3, 0.4) is 0 Å².